The maximum atomic E-state index is 9.76. The van der Waals surface area contributed by atoms with Crippen molar-refractivity contribution in [3.05, 3.63) is 19.9 Å². The van der Waals surface area contributed by atoms with Crippen LogP contribution < -0.4 is 0 Å². The molecule has 74 valence electrons. The summed E-state index contributed by atoms with van der Waals surface area (Å²) in [5.41, 5.74) is 1.09. The SMILES string of the molecule is CCCCCC(O)c1csc(I)c1. The van der Waals surface area contributed by atoms with Gasteiger partial charge < -0.3 is 5.11 Å². The van der Waals surface area contributed by atoms with Crippen molar-refractivity contribution in [3.8, 4) is 0 Å². The van der Waals surface area contributed by atoms with E-state index in [4.69, 9.17) is 0 Å². The van der Waals surface area contributed by atoms with Crippen LogP contribution in [0.5, 0.6) is 0 Å². The first-order chi connectivity index (χ1) is 6.24. The Balaban J connectivity index is 2.35. The van der Waals surface area contributed by atoms with Gasteiger partial charge in [0.05, 0.1) is 8.99 Å². The Morgan fingerprint density at radius 1 is 1.54 bits per heavy atom. The lowest BCUT2D eigenvalue weighted by Crippen LogP contribution is -1.94. The van der Waals surface area contributed by atoms with Gasteiger partial charge in [-0.3, -0.25) is 0 Å². The summed E-state index contributed by atoms with van der Waals surface area (Å²) in [6.45, 7) is 2.18. The van der Waals surface area contributed by atoms with Gasteiger partial charge in [-0.15, -0.1) is 11.3 Å². The van der Waals surface area contributed by atoms with Gasteiger partial charge in [-0.2, -0.15) is 0 Å². The molecule has 1 rings (SSSR count). The van der Waals surface area contributed by atoms with Crippen LogP contribution in [-0.2, 0) is 0 Å². The van der Waals surface area contributed by atoms with Crippen LogP contribution in [0.25, 0.3) is 0 Å². The molecule has 0 amide bonds. The van der Waals surface area contributed by atoms with E-state index in [1.165, 1.54) is 15.7 Å². The molecule has 0 aliphatic carbocycles. The zero-order valence-corrected chi connectivity index (χ0v) is 10.8. The number of halogens is 1. The van der Waals surface area contributed by atoms with Crippen molar-refractivity contribution in [3.63, 3.8) is 0 Å². The maximum absolute atomic E-state index is 9.76. The van der Waals surface area contributed by atoms with Crippen LogP contribution in [0, 0.1) is 2.88 Å². The van der Waals surface area contributed by atoms with Crippen LogP contribution in [0.15, 0.2) is 11.4 Å². The molecule has 0 fully saturated rings. The average Bonchev–Trinajstić information content (AvgIpc) is 2.52. The van der Waals surface area contributed by atoms with Gasteiger partial charge in [0, 0.05) is 0 Å². The highest BCUT2D eigenvalue weighted by atomic mass is 127. The van der Waals surface area contributed by atoms with Crippen molar-refractivity contribution in [1.82, 2.24) is 0 Å². The molecular formula is C10H15IOS. The highest BCUT2D eigenvalue weighted by Crippen LogP contribution is 2.25. The lowest BCUT2D eigenvalue weighted by atomic mass is 10.1. The van der Waals surface area contributed by atoms with Gasteiger partial charge in [0.2, 0.25) is 0 Å². The molecule has 1 nitrogen and oxygen atoms in total. The van der Waals surface area contributed by atoms with Crippen LogP contribution >= 0.6 is 33.9 Å². The second-order valence-electron chi connectivity index (χ2n) is 3.20. The van der Waals surface area contributed by atoms with Crippen molar-refractivity contribution in [1.29, 1.82) is 0 Å². The fourth-order valence-corrected chi connectivity index (χ4v) is 2.67. The molecule has 0 saturated carbocycles. The van der Waals surface area contributed by atoms with E-state index in [1.807, 2.05) is 0 Å². The summed E-state index contributed by atoms with van der Waals surface area (Å²) in [5, 5.41) is 11.8. The highest BCUT2D eigenvalue weighted by molar-refractivity contribution is 14.1. The van der Waals surface area contributed by atoms with E-state index in [2.05, 4.69) is 41.0 Å². The Hall–Kier alpha value is 0.390. The second-order valence-corrected chi connectivity index (χ2v) is 6.00. The van der Waals surface area contributed by atoms with Crippen molar-refractivity contribution < 1.29 is 5.11 Å². The Morgan fingerprint density at radius 2 is 2.31 bits per heavy atom. The molecule has 1 atom stereocenters. The predicted molar refractivity (Wildman–Crippen MR) is 66.1 cm³/mol. The lowest BCUT2D eigenvalue weighted by molar-refractivity contribution is 0.164. The van der Waals surface area contributed by atoms with Gasteiger partial charge in [-0.05, 0) is 46.0 Å². The predicted octanol–water partition coefficient (Wildman–Crippen LogP) is 3.97. The largest absolute Gasteiger partial charge is 0.388 e. The van der Waals surface area contributed by atoms with E-state index in [0.717, 1.165) is 18.4 Å². The van der Waals surface area contributed by atoms with Gasteiger partial charge in [-0.1, -0.05) is 26.2 Å². The van der Waals surface area contributed by atoms with Crippen LogP contribution in [0.4, 0.5) is 0 Å². The van der Waals surface area contributed by atoms with Crippen LogP contribution in [0.2, 0.25) is 0 Å². The van der Waals surface area contributed by atoms with Crippen molar-refractivity contribution in [2.45, 2.75) is 38.7 Å². The number of aliphatic hydroxyl groups excluding tert-OH is 1. The van der Waals surface area contributed by atoms with Crippen molar-refractivity contribution >= 4 is 33.9 Å². The average molecular weight is 310 g/mol. The normalized spacial score (nSPS) is 13.2. The van der Waals surface area contributed by atoms with E-state index in [-0.39, 0.29) is 6.10 Å². The topological polar surface area (TPSA) is 20.2 Å². The monoisotopic (exact) mass is 310 g/mol. The Bertz CT molecular complexity index is 247. The molecule has 0 spiro atoms. The molecule has 0 saturated heterocycles. The Kier molecular flexibility index (Phi) is 5.28. The standard InChI is InChI=1S/C10H15IOS/c1-2-3-4-5-9(12)8-6-10(11)13-7-8/h6-7,9,12H,2-5H2,1H3. The molecule has 0 aromatic carbocycles. The second kappa shape index (κ2) is 5.98. The summed E-state index contributed by atoms with van der Waals surface area (Å²) in [6, 6.07) is 2.07. The first kappa shape index (κ1) is 11.5. The van der Waals surface area contributed by atoms with Crippen LogP contribution in [0.3, 0.4) is 0 Å². The first-order valence-electron chi connectivity index (χ1n) is 4.66. The number of aliphatic hydroxyl groups is 1. The number of rotatable bonds is 5. The molecule has 0 aliphatic heterocycles. The summed E-state index contributed by atoms with van der Waals surface area (Å²) in [4.78, 5) is 0. The number of hydrogen-bond acceptors (Lipinski definition) is 2. The zero-order valence-electron chi connectivity index (χ0n) is 7.79. The quantitative estimate of drug-likeness (QED) is 0.644. The fraction of sp³-hybridized carbons (Fsp3) is 0.600. The molecule has 1 N–H and O–H groups in total. The number of hydrogen-bond donors (Lipinski definition) is 1. The third-order valence-corrected chi connectivity index (χ3v) is 3.86. The van der Waals surface area contributed by atoms with E-state index < -0.39 is 0 Å². The summed E-state index contributed by atoms with van der Waals surface area (Å²) in [5.74, 6) is 0. The van der Waals surface area contributed by atoms with Crippen molar-refractivity contribution in [2.75, 3.05) is 0 Å². The molecule has 0 radical (unpaired) electrons. The molecule has 0 bridgehead atoms. The molecule has 1 heterocycles. The molecular weight excluding hydrogens is 295 g/mol. The lowest BCUT2D eigenvalue weighted by Gasteiger charge is -2.07. The van der Waals surface area contributed by atoms with Gasteiger partial charge in [-0.25, -0.2) is 0 Å². The van der Waals surface area contributed by atoms with E-state index in [0.29, 0.717) is 0 Å². The number of thiophene rings is 1. The van der Waals surface area contributed by atoms with E-state index in [1.54, 1.807) is 11.3 Å². The van der Waals surface area contributed by atoms with Gasteiger partial charge in [0.25, 0.3) is 0 Å². The summed E-state index contributed by atoms with van der Waals surface area (Å²) in [7, 11) is 0. The van der Waals surface area contributed by atoms with E-state index >= 15 is 0 Å². The van der Waals surface area contributed by atoms with E-state index in [9.17, 15) is 5.11 Å². The molecule has 13 heavy (non-hydrogen) atoms. The Morgan fingerprint density at radius 3 is 2.85 bits per heavy atom. The molecule has 3 heteroatoms. The zero-order chi connectivity index (χ0) is 9.68. The number of unbranched alkanes of at least 4 members (excludes halogenated alkanes) is 2. The first-order valence-corrected chi connectivity index (χ1v) is 6.62. The summed E-state index contributed by atoms with van der Waals surface area (Å²) in [6.07, 6.45) is 4.23. The minimum absolute atomic E-state index is 0.244. The van der Waals surface area contributed by atoms with Crippen LogP contribution in [0.1, 0.15) is 44.3 Å². The minimum Gasteiger partial charge on any atom is -0.388 e. The molecule has 1 unspecified atom stereocenters. The van der Waals surface area contributed by atoms with Gasteiger partial charge >= 0.3 is 0 Å². The third kappa shape index (κ3) is 3.95. The molecule has 1 aromatic heterocycles. The van der Waals surface area contributed by atoms with Crippen molar-refractivity contribution in [2.24, 2.45) is 0 Å². The summed E-state index contributed by atoms with van der Waals surface area (Å²) >= 11 is 3.99. The van der Waals surface area contributed by atoms with Gasteiger partial charge in [0.1, 0.15) is 0 Å². The smallest absolute Gasteiger partial charge is 0.0798 e. The van der Waals surface area contributed by atoms with Gasteiger partial charge in [0.15, 0.2) is 0 Å². The summed E-state index contributed by atoms with van der Waals surface area (Å²) < 4.78 is 1.25. The Labute approximate surface area is 97.3 Å². The molecule has 1 aromatic rings. The molecule has 0 aliphatic rings. The third-order valence-electron chi connectivity index (χ3n) is 2.05. The highest BCUT2D eigenvalue weighted by Gasteiger charge is 2.08. The minimum atomic E-state index is -0.244. The maximum Gasteiger partial charge on any atom is 0.0798 e. The van der Waals surface area contributed by atoms with Crippen LogP contribution in [-0.4, -0.2) is 5.11 Å². The fourth-order valence-electron chi connectivity index (χ4n) is 1.25.